The van der Waals surface area contributed by atoms with Crippen LogP contribution in [0.2, 0.25) is 0 Å². The van der Waals surface area contributed by atoms with Gasteiger partial charge in [0.25, 0.3) is 5.91 Å². The molecule has 0 saturated carbocycles. The van der Waals surface area contributed by atoms with Gasteiger partial charge in [-0.3, -0.25) is 4.79 Å². The van der Waals surface area contributed by atoms with Crippen LogP contribution in [-0.4, -0.2) is 41.6 Å². The van der Waals surface area contributed by atoms with Crippen molar-refractivity contribution in [3.63, 3.8) is 0 Å². The highest BCUT2D eigenvalue weighted by molar-refractivity contribution is 7.98. The van der Waals surface area contributed by atoms with E-state index in [1.807, 2.05) is 18.4 Å². The molecular formula is C15H20N2O3S. The van der Waals surface area contributed by atoms with E-state index >= 15 is 0 Å². The Morgan fingerprint density at radius 2 is 2.24 bits per heavy atom. The number of carbonyl (C=O) groups is 2. The van der Waals surface area contributed by atoms with Crippen molar-refractivity contribution >= 4 is 23.6 Å². The third-order valence-electron chi connectivity index (χ3n) is 3.57. The topological polar surface area (TPSA) is 78.4 Å². The zero-order chi connectivity index (χ0) is 15.2. The second-order valence-corrected chi connectivity index (χ2v) is 6.04. The molecule has 0 fully saturated rings. The fraction of sp³-hybridized carbons (Fsp3) is 0.467. The number of fused-ring (bicyclic) bond motifs is 1. The lowest BCUT2D eigenvalue weighted by Gasteiger charge is -2.18. The number of carboxylic acids is 1. The van der Waals surface area contributed by atoms with E-state index in [2.05, 4.69) is 10.6 Å². The Bertz CT molecular complexity index is 534. The summed E-state index contributed by atoms with van der Waals surface area (Å²) in [5, 5.41) is 15.0. The van der Waals surface area contributed by atoms with Crippen molar-refractivity contribution in [2.45, 2.75) is 25.4 Å². The van der Waals surface area contributed by atoms with E-state index < -0.39 is 12.0 Å². The fourth-order valence-electron chi connectivity index (χ4n) is 2.36. The predicted molar refractivity (Wildman–Crippen MR) is 83.7 cm³/mol. The predicted octanol–water partition coefficient (Wildman–Crippen LogP) is 1.27. The highest BCUT2D eigenvalue weighted by Gasteiger charge is 2.21. The molecule has 0 radical (unpaired) electrons. The molecular weight excluding hydrogens is 288 g/mol. The normalized spacial score (nSPS) is 15.1. The number of carbonyl (C=O) groups excluding carboxylic acids is 1. The first-order valence-corrected chi connectivity index (χ1v) is 8.36. The van der Waals surface area contributed by atoms with Crippen LogP contribution in [-0.2, 0) is 17.8 Å². The molecule has 1 amide bonds. The average molecular weight is 308 g/mol. The highest BCUT2D eigenvalue weighted by Crippen LogP contribution is 2.16. The van der Waals surface area contributed by atoms with Gasteiger partial charge in [-0.05, 0) is 54.7 Å². The van der Waals surface area contributed by atoms with Crippen molar-refractivity contribution in [1.82, 2.24) is 10.6 Å². The first-order valence-electron chi connectivity index (χ1n) is 6.97. The lowest BCUT2D eigenvalue weighted by Crippen LogP contribution is -2.41. The average Bonchev–Trinajstić information content (AvgIpc) is 2.50. The Balaban J connectivity index is 2.06. The van der Waals surface area contributed by atoms with E-state index in [9.17, 15) is 9.59 Å². The molecule has 1 heterocycles. The Kier molecular flexibility index (Phi) is 5.64. The minimum absolute atomic E-state index is 0.322. The van der Waals surface area contributed by atoms with Crippen LogP contribution in [0.5, 0.6) is 0 Å². The van der Waals surface area contributed by atoms with Crippen LogP contribution < -0.4 is 10.6 Å². The number of rotatable bonds is 6. The van der Waals surface area contributed by atoms with E-state index in [4.69, 9.17) is 5.11 Å². The van der Waals surface area contributed by atoms with Crippen molar-refractivity contribution in [3.05, 3.63) is 34.9 Å². The molecule has 1 aromatic rings. The van der Waals surface area contributed by atoms with E-state index in [0.29, 0.717) is 17.7 Å². The minimum atomic E-state index is -0.989. The second kappa shape index (κ2) is 7.47. The molecule has 114 valence electrons. The summed E-state index contributed by atoms with van der Waals surface area (Å²) < 4.78 is 0. The molecule has 1 aliphatic rings. The summed E-state index contributed by atoms with van der Waals surface area (Å²) in [6, 6.07) is 4.75. The lowest BCUT2D eigenvalue weighted by atomic mass is 9.98. The molecule has 1 atom stereocenters. The zero-order valence-electron chi connectivity index (χ0n) is 12.0. The van der Waals surface area contributed by atoms with Gasteiger partial charge in [-0.1, -0.05) is 6.07 Å². The number of benzene rings is 1. The largest absolute Gasteiger partial charge is 0.480 e. The quantitative estimate of drug-likeness (QED) is 0.737. The van der Waals surface area contributed by atoms with Crippen molar-refractivity contribution in [2.75, 3.05) is 18.6 Å². The monoisotopic (exact) mass is 308 g/mol. The van der Waals surface area contributed by atoms with Crippen LogP contribution in [0.3, 0.4) is 0 Å². The summed E-state index contributed by atoms with van der Waals surface area (Å²) in [6.07, 6.45) is 3.30. The fourth-order valence-corrected chi connectivity index (χ4v) is 2.83. The Hall–Kier alpha value is -1.53. The van der Waals surface area contributed by atoms with E-state index in [1.54, 1.807) is 17.8 Å². The molecule has 0 bridgehead atoms. The summed E-state index contributed by atoms with van der Waals surface area (Å²) in [4.78, 5) is 23.4. The number of nitrogens with one attached hydrogen (secondary N) is 2. The van der Waals surface area contributed by atoms with Gasteiger partial charge in [-0.25, -0.2) is 4.79 Å². The maximum Gasteiger partial charge on any atom is 0.326 e. The van der Waals surface area contributed by atoms with Crippen LogP contribution in [0, 0.1) is 0 Å². The zero-order valence-corrected chi connectivity index (χ0v) is 12.8. The lowest BCUT2D eigenvalue weighted by molar-refractivity contribution is -0.139. The summed E-state index contributed by atoms with van der Waals surface area (Å²) in [5.41, 5.74) is 2.89. The highest BCUT2D eigenvalue weighted by atomic mass is 32.2. The van der Waals surface area contributed by atoms with Crippen LogP contribution in [0.1, 0.15) is 27.9 Å². The van der Waals surface area contributed by atoms with Crippen LogP contribution >= 0.6 is 11.8 Å². The number of hydrogen-bond donors (Lipinski definition) is 3. The standard InChI is InChI=1S/C15H20N2O3S/c1-21-7-5-13(15(19)20)17-14(18)11-3-2-10-4-6-16-9-12(10)8-11/h2-3,8,13,16H,4-7,9H2,1H3,(H,17,18)(H,19,20)/t13-/m0/s1. The maximum atomic E-state index is 12.2. The number of aliphatic carboxylic acids is 1. The van der Waals surface area contributed by atoms with Crippen LogP contribution in [0.25, 0.3) is 0 Å². The van der Waals surface area contributed by atoms with Gasteiger partial charge in [0.1, 0.15) is 6.04 Å². The van der Waals surface area contributed by atoms with Gasteiger partial charge < -0.3 is 15.7 Å². The van der Waals surface area contributed by atoms with Crippen molar-refractivity contribution in [3.8, 4) is 0 Å². The molecule has 21 heavy (non-hydrogen) atoms. The third kappa shape index (κ3) is 4.22. The summed E-state index contributed by atoms with van der Waals surface area (Å²) in [7, 11) is 0. The number of hydrogen-bond acceptors (Lipinski definition) is 4. The second-order valence-electron chi connectivity index (χ2n) is 5.06. The molecule has 0 aliphatic carbocycles. The third-order valence-corrected chi connectivity index (χ3v) is 4.21. The summed E-state index contributed by atoms with van der Waals surface area (Å²) in [6.45, 7) is 1.71. The van der Waals surface area contributed by atoms with E-state index in [1.165, 1.54) is 5.56 Å². The molecule has 2 rings (SSSR count). The molecule has 6 heteroatoms. The van der Waals surface area contributed by atoms with Crippen molar-refractivity contribution < 1.29 is 14.7 Å². The molecule has 0 spiro atoms. The Labute approximate surface area is 128 Å². The van der Waals surface area contributed by atoms with Gasteiger partial charge in [0.05, 0.1) is 0 Å². The van der Waals surface area contributed by atoms with Crippen molar-refractivity contribution in [2.24, 2.45) is 0 Å². The van der Waals surface area contributed by atoms with Gasteiger partial charge in [-0.2, -0.15) is 11.8 Å². The SMILES string of the molecule is CSCC[C@H](NC(=O)c1ccc2c(c1)CNCC2)C(=O)O. The van der Waals surface area contributed by atoms with E-state index in [0.717, 1.165) is 25.1 Å². The first kappa shape index (κ1) is 15.9. The summed E-state index contributed by atoms with van der Waals surface area (Å²) in [5.74, 6) is -0.611. The van der Waals surface area contributed by atoms with Gasteiger partial charge in [0.2, 0.25) is 0 Å². The molecule has 0 unspecified atom stereocenters. The van der Waals surface area contributed by atoms with Gasteiger partial charge in [0.15, 0.2) is 0 Å². The Morgan fingerprint density at radius 1 is 1.43 bits per heavy atom. The molecule has 1 aliphatic heterocycles. The minimum Gasteiger partial charge on any atom is -0.480 e. The smallest absolute Gasteiger partial charge is 0.326 e. The molecule has 5 nitrogen and oxygen atoms in total. The van der Waals surface area contributed by atoms with E-state index in [-0.39, 0.29) is 5.91 Å². The number of carboxylic acid groups (broad SMARTS) is 1. The summed E-state index contributed by atoms with van der Waals surface area (Å²) >= 11 is 1.57. The molecule has 0 saturated heterocycles. The van der Waals surface area contributed by atoms with Crippen LogP contribution in [0.15, 0.2) is 18.2 Å². The number of amides is 1. The molecule has 1 aromatic carbocycles. The Morgan fingerprint density at radius 3 is 2.95 bits per heavy atom. The molecule has 3 N–H and O–H groups in total. The maximum absolute atomic E-state index is 12.2. The molecule has 0 aromatic heterocycles. The van der Waals surface area contributed by atoms with Gasteiger partial charge in [0, 0.05) is 12.1 Å². The van der Waals surface area contributed by atoms with Gasteiger partial charge in [-0.15, -0.1) is 0 Å². The van der Waals surface area contributed by atoms with Crippen LogP contribution in [0.4, 0.5) is 0 Å². The first-order chi connectivity index (χ1) is 10.1. The number of thioether (sulfide) groups is 1. The van der Waals surface area contributed by atoms with Gasteiger partial charge >= 0.3 is 5.97 Å². The van der Waals surface area contributed by atoms with Crippen molar-refractivity contribution in [1.29, 1.82) is 0 Å².